The molecule has 0 aliphatic heterocycles. The first-order valence-corrected chi connectivity index (χ1v) is 15.2. The summed E-state index contributed by atoms with van der Waals surface area (Å²) in [5.74, 6) is -0.181. The van der Waals surface area contributed by atoms with Gasteiger partial charge in [-0.1, -0.05) is 103 Å². The number of carbonyl (C=O) groups is 1. The molecule has 0 radical (unpaired) electrons. The van der Waals surface area contributed by atoms with Gasteiger partial charge in [0.25, 0.3) is 5.56 Å². The zero-order valence-electron chi connectivity index (χ0n) is 21.9. The predicted molar refractivity (Wildman–Crippen MR) is 166 cm³/mol. The zero-order chi connectivity index (χ0) is 27.4. The second kappa shape index (κ2) is 11.1. The Labute approximate surface area is 233 Å². The molecule has 1 heterocycles. The van der Waals surface area contributed by atoms with Crippen LogP contribution in [0.15, 0.2) is 156 Å². The maximum absolute atomic E-state index is 14.6. The number of aromatic nitrogens is 2. The maximum Gasteiger partial charge on any atom is 0.282 e. The van der Waals surface area contributed by atoms with Gasteiger partial charge >= 0.3 is 0 Å². The van der Waals surface area contributed by atoms with Crippen molar-refractivity contribution in [2.45, 2.75) is 0 Å². The summed E-state index contributed by atoms with van der Waals surface area (Å²) in [4.78, 5) is 28.7. The Hall–Kier alpha value is -4.79. The summed E-state index contributed by atoms with van der Waals surface area (Å²) in [7, 11) is -2.48. The van der Waals surface area contributed by atoms with Crippen molar-refractivity contribution in [3.05, 3.63) is 168 Å². The van der Waals surface area contributed by atoms with Crippen molar-refractivity contribution in [1.82, 2.24) is 9.78 Å². The second-order valence-electron chi connectivity index (χ2n) is 9.60. The normalized spacial score (nSPS) is 11.3. The van der Waals surface area contributed by atoms with Gasteiger partial charge < -0.3 is 0 Å². The number of hydrogen-bond acceptors (Lipinski definition) is 2. The van der Waals surface area contributed by atoms with Gasteiger partial charge in [0, 0.05) is 5.56 Å². The van der Waals surface area contributed by atoms with Crippen molar-refractivity contribution < 1.29 is 4.79 Å². The maximum atomic E-state index is 14.6. The number of aromatic amines is 1. The molecule has 0 spiro atoms. The molecule has 40 heavy (non-hydrogen) atoms. The highest BCUT2D eigenvalue weighted by Crippen LogP contribution is 2.55. The molecule has 6 rings (SSSR count). The highest BCUT2D eigenvalue weighted by molar-refractivity contribution is 7.96. The van der Waals surface area contributed by atoms with Crippen molar-refractivity contribution in [1.29, 1.82) is 0 Å². The summed E-state index contributed by atoms with van der Waals surface area (Å²) < 4.78 is 1.48. The van der Waals surface area contributed by atoms with E-state index in [0.29, 0.717) is 11.4 Å². The Balaban J connectivity index is 1.58. The molecule has 0 amide bonds. The number of Topliss-reactive ketones (excluding diaryl/α,β-unsaturated/α-hetero) is 1. The Morgan fingerprint density at radius 2 is 0.975 bits per heavy atom. The molecule has 0 aliphatic rings. The lowest BCUT2D eigenvalue weighted by Crippen LogP contribution is -2.36. The lowest BCUT2D eigenvalue weighted by molar-refractivity contribution is 0.102. The Kier molecular flexibility index (Phi) is 7.09. The number of H-pyrrole nitrogens is 1. The summed E-state index contributed by atoms with van der Waals surface area (Å²) in [6, 6.07) is 49.7. The molecule has 0 saturated carbocycles. The Morgan fingerprint density at radius 1 is 0.575 bits per heavy atom. The molecule has 5 heteroatoms. The summed E-state index contributed by atoms with van der Waals surface area (Å²) in [5.41, 5.74) is 1.84. The largest absolute Gasteiger partial charge is 0.290 e. The standard InChI is InChI=1S/C35H27N2O2P/c38-32(33-34(27-16-6-1-7-17-27)36-37(35(33)39)28-18-8-2-9-19-28)26-40(29-20-10-3-11-21-29,30-22-12-4-13-23-30)31-24-14-5-15-25-31/h1-25H,26H2/p+1. The number of hydrogen-bond donors (Lipinski definition) is 1. The summed E-state index contributed by atoms with van der Waals surface area (Å²) in [6.45, 7) is 0. The monoisotopic (exact) mass is 539 g/mol. The highest BCUT2D eigenvalue weighted by atomic mass is 31.2. The average molecular weight is 540 g/mol. The number of ketones is 1. The number of carbonyl (C=O) groups excluding carboxylic acids is 1. The number of nitrogens with one attached hydrogen (secondary N) is 1. The second-order valence-corrected chi connectivity index (χ2v) is 13.1. The van der Waals surface area contributed by atoms with Gasteiger partial charge in [-0.05, 0) is 48.5 Å². The van der Waals surface area contributed by atoms with E-state index < -0.39 is 7.26 Å². The van der Waals surface area contributed by atoms with Crippen LogP contribution in [0.25, 0.3) is 16.9 Å². The van der Waals surface area contributed by atoms with Crippen LogP contribution in [0.4, 0.5) is 0 Å². The van der Waals surface area contributed by atoms with Gasteiger partial charge in [0.15, 0.2) is 0 Å². The molecule has 0 aliphatic carbocycles. The van der Waals surface area contributed by atoms with Crippen LogP contribution < -0.4 is 21.5 Å². The van der Waals surface area contributed by atoms with E-state index in [1.54, 1.807) is 0 Å². The fraction of sp³-hybridized carbons (Fsp3) is 0.0286. The van der Waals surface area contributed by atoms with Gasteiger partial charge in [0.05, 0.1) is 11.4 Å². The van der Waals surface area contributed by atoms with E-state index in [2.05, 4.69) is 41.5 Å². The van der Waals surface area contributed by atoms with Crippen LogP contribution in [-0.2, 0) is 0 Å². The summed E-state index contributed by atoms with van der Waals surface area (Å²) >= 11 is 0. The first-order chi connectivity index (χ1) is 19.7. The molecule has 0 unspecified atom stereocenters. The first kappa shape index (κ1) is 25.5. The highest BCUT2D eigenvalue weighted by Gasteiger charge is 2.48. The van der Waals surface area contributed by atoms with Crippen LogP contribution in [0.1, 0.15) is 10.4 Å². The molecule has 1 aromatic heterocycles. The molecule has 1 N–H and O–H groups in total. The van der Waals surface area contributed by atoms with Crippen LogP contribution >= 0.6 is 7.26 Å². The topological polar surface area (TPSA) is 54.9 Å². The van der Waals surface area contributed by atoms with Gasteiger partial charge in [-0.15, -0.1) is 0 Å². The third-order valence-electron chi connectivity index (χ3n) is 7.22. The lowest BCUT2D eigenvalue weighted by atomic mass is 10.1. The Bertz CT molecular complexity index is 1680. The SMILES string of the molecule is O=C(C[P+](c1ccccc1)(c1ccccc1)c1ccccc1)c1c(-c2ccccc2)[nH]n(-c2ccccc2)c1=O. The fourth-order valence-electron chi connectivity index (χ4n) is 5.33. The minimum Gasteiger partial charge on any atom is -0.290 e. The predicted octanol–water partition coefficient (Wildman–Crippen LogP) is 6.01. The van der Waals surface area contributed by atoms with E-state index >= 15 is 0 Å². The third-order valence-corrected chi connectivity index (χ3v) is 11.5. The van der Waals surface area contributed by atoms with Crippen LogP contribution in [-0.4, -0.2) is 21.7 Å². The van der Waals surface area contributed by atoms with Crippen LogP contribution in [0.2, 0.25) is 0 Å². The third kappa shape index (κ3) is 4.64. The Morgan fingerprint density at radius 3 is 1.43 bits per heavy atom. The molecule has 194 valence electrons. The molecular formula is C35H28N2O2P+. The summed E-state index contributed by atoms with van der Waals surface area (Å²) in [6.07, 6.45) is 0.187. The lowest BCUT2D eigenvalue weighted by Gasteiger charge is -2.27. The number of benzene rings is 5. The summed E-state index contributed by atoms with van der Waals surface area (Å²) in [5, 5.41) is 6.56. The van der Waals surface area contributed by atoms with Gasteiger partial charge in [-0.25, -0.2) is 4.68 Å². The van der Waals surface area contributed by atoms with E-state index in [1.165, 1.54) is 4.68 Å². The number of rotatable bonds is 8. The molecule has 6 aromatic rings. The molecule has 0 fully saturated rings. The van der Waals surface area contributed by atoms with Crippen LogP contribution in [0.3, 0.4) is 0 Å². The van der Waals surface area contributed by atoms with E-state index in [-0.39, 0.29) is 23.1 Å². The van der Waals surface area contributed by atoms with Gasteiger partial charge in [0.1, 0.15) is 34.9 Å². The van der Waals surface area contributed by atoms with Crippen molar-refractivity contribution in [2.24, 2.45) is 0 Å². The van der Waals surface area contributed by atoms with Crippen LogP contribution in [0, 0.1) is 0 Å². The molecule has 0 saturated heterocycles. The van der Waals surface area contributed by atoms with Gasteiger partial charge in [-0.3, -0.25) is 14.7 Å². The molecular weight excluding hydrogens is 511 g/mol. The minimum atomic E-state index is -2.48. The molecule has 0 atom stereocenters. The van der Waals surface area contributed by atoms with E-state index in [4.69, 9.17) is 0 Å². The fourth-order valence-corrected chi connectivity index (χ4v) is 9.41. The quantitative estimate of drug-likeness (QED) is 0.190. The number of nitrogens with zero attached hydrogens (tertiary/aromatic N) is 1. The molecule has 4 nitrogen and oxygen atoms in total. The first-order valence-electron chi connectivity index (χ1n) is 13.2. The van der Waals surface area contributed by atoms with E-state index in [0.717, 1.165) is 21.5 Å². The van der Waals surface area contributed by atoms with Crippen molar-refractivity contribution in [3.63, 3.8) is 0 Å². The van der Waals surface area contributed by atoms with Crippen molar-refractivity contribution >= 4 is 29.0 Å². The zero-order valence-corrected chi connectivity index (χ0v) is 22.7. The molecule has 5 aromatic carbocycles. The average Bonchev–Trinajstić information content (AvgIpc) is 3.39. The number of para-hydroxylation sites is 1. The minimum absolute atomic E-state index is 0.181. The van der Waals surface area contributed by atoms with Gasteiger partial charge in [-0.2, -0.15) is 0 Å². The van der Waals surface area contributed by atoms with Crippen LogP contribution in [0.5, 0.6) is 0 Å². The molecule has 0 bridgehead atoms. The smallest absolute Gasteiger partial charge is 0.282 e. The van der Waals surface area contributed by atoms with Gasteiger partial charge in [0.2, 0.25) is 5.78 Å². The van der Waals surface area contributed by atoms with E-state index in [1.807, 2.05) is 115 Å². The van der Waals surface area contributed by atoms with Crippen molar-refractivity contribution in [3.8, 4) is 16.9 Å². The van der Waals surface area contributed by atoms with Crippen molar-refractivity contribution in [2.75, 3.05) is 6.16 Å². The van der Waals surface area contributed by atoms with E-state index in [9.17, 15) is 9.59 Å².